The number of benzene rings is 2. The van der Waals surface area contributed by atoms with Gasteiger partial charge in [0, 0.05) is 22.6 Å². The molecule has 0 radical (unpaired) electrons. The van der Waals surface area contributed by atoms with E-state index in [1.807, 2.05) is 0 Å². The molecule has 0 spiro atoms. The Labute approximate surface area is 121 Å². The summed E-state index contributed by atoms with van der Waals surface area (Å²) in [4.78, 5) is 0. The van der Waals surface area contributed by atoms with Gasteiger partial charge in [-0.1, -0.05) is 30.3 Å². The lowest BCUT2D eigenvalue weighted by Gasteiger charge is -2.14. The van der Waals surface area contributed by atoms with Crippen LogP contribution < -0.4 is 10.6 Å². The lowest BCUT2D eigenvalue weighted by Crippen LogP contribution is -2.16. The fourth-order valence-electron chi connectivity index (χ4n) is 2.32. The minimum Gasteiger partial charge on any atom is -0.383 e. The van der Waals surface area contributed by atoms with Crippen molar-refractivity contribution in [2.45, 2.75) is 5.92 Å². The Hall–Kier alpha value is -1.23. The number of rotatable bonds is 1. The van der Waals surface area contributed by atoms with Crippen LogP contribution in [0.3, 0.4) is 0 Å². The smallest absolute Gasteiger partial charge is 0.0586 e. The molecule has 0 saturated heterocycles. The quantitative estimate of drug-likeness (QED) is 0.762. The summed E-state index contributed by atoms with van der Waals surface area (Å²) in [5.41, 5.74) is 3.80. The number of nitrogens with one attached hydrogen (secondary N) is 2. The van der Waals surface area contributed by atoms with Crippen molar-refractivity contribution in [3.8, 4) is 0 Å². The Morgan fingerprint density at radius 2 is 1.61 bits per heavy atom. The summed E-state index contributed by atoms with van der Waals surface area (Å²) in [7, 11) is 0. The average Bonchev–Trinajstić information content (AvgIpc) is 2.62. The molecule has 3 heteroatoms. The van der Waals surface area contributed by atoms with E-state index in [-0.39, 0.29) is 0 Å². The van der Waals surface area contributed by atoms with Gasteiger partial charge >= 0.3 is 0 Å². The summed E-state index contributed by atoms with van der Waals surface area (Å²) in [5.74, 6) is 0.510. The molecule has 1 heterocycles. The first-order valence-corrected chi connectivity index (χ1v) is 7.23. The van der Waals surface area contributed by atoms with Crippen molar-refractivity contribution in [2.24, 2.45) is 0 Å². The monoisotopic (exact) mass is 350 g/mol. The van der Waals surface area contributed by atoms with E-state index in [1.54, 1.807) is 0 Å². The SMILES string of the molecule is Ic1ccc2c(c1)NCC(c1ccccc1)CN2. The predicted octanol–water partition coefficient (Wildman–Crippen LogP) is 3.91. The van der Waals surface area contributed by atoms with E-state index in [4.69, 9.17) is 0 Å². The molecule has 2 aromatic rings. The zero-order valence-electron chi connectivity index (χ0n) is 9.99. The summed E-state index contributed by atoms with van der Waals surface area (Å²) in [6, 6.07) is 17.2. The topological polar surface area (TPSA) is 24.1 Å². The molecule has 0 fully saturated rings. The van der Waals surface area contributed by atoms with Gasteiger partial charge in [-0.15, -0.1) is 0 Å². The fourth-order valence-corrected chi connectivity index (χ4v) is 2.81. The highest BCUT2D eigenvalue weighted by Crippen LogP contribution is 2.29. The molecule has 0 aromatic heterocycles. The Balaban J connectivity index is 1.83. The van der Waals surface area contributed by atoms with Crippen molar-refractivity contribution < 1.29 is 0 Å². The molecule has 1 aliphatic heterocycles. The molecule has 1 unspecified atom stereocenters. The zero-order valence-corrected chi connectivity index (χ0v) is 12.1. The Morgan fingerprint density at radius 3 is 2.39 bits per heavy atom. The molecule has 0 saturated carbocycles. The van der Waals surface area contributed by atoms with Crippen LogP contribution in [0.15, 0.2) is 48.5 Å². The first-order valence-electron chi connectivity index (χ1n) is 6.15. The highest BCUT2D eigenvalue weighted by Gasteiger charge is 2.16. The Kier molecular flexibility index (Phi) is 3.41. The Bertz CT molecular complexity index is 539. The van der Waals surface area contributed by atoms with Crippen LogP contribution in [0.5, 0.6) is 0 Å². The molecular formula is C15H15IN2. The fraction of sp³-hybridized carbons (Fsp3) is 0.200. The van der Waals surface area contributed by atoms with Gasteiger partial charge in [-0.3, -0.25) is 0 Å². The summed E-state index contributed by atoms with van der Waals surface area (Å²) < 4.78 is 1.26. The van der Waals surface area contributed by atoms with Gasteiger partial charge in [0.25, 0.3) is 0 Å². The van der Waals surface area contributed by atoms with Gasteiger partial charge in [-0.2, -0.15) is 0 Å². The van der Waals surface area contributed by atoms with Crippen LogP contribution in [0.4, 0.5) is 11.4 Å². The van der Waals surface area contributed by atoms with E-state index in [0.29, 0.717) is 5.92 Å². The molecule has 0 aliphatic carbocycles. The minimum absolute atomic E-state index is 0.510. The highest BCUT2D eigenvalue weighted by atomic mass is 127. The maximum atomic E-state index is 3.55. The second-order valence-electron chi connectivity index (χ2n) is 4.56. The van der Waals surface area contributed by atoms with Gasteiger partial charge in [0.2, 0.25) is 0 Å². The molecule has 2 N–H and O–H groups in total. The summed E-state index contributed by atoms with van der Waals surface area (Å²) in [6.07, 6.45) is 0. The molecule has 2 aromatic carbocycles. The van der Waals surface area contributed by atoms with Crippen molar-refractivity contribution in [3.63, 3.8) is 0 Å². The summed E-state index contributed by atoms with van der Waals surface area (Å²) in [6.45, 7) is 1.95. The van der Waals surface area contributed by atoms with Gasteiger partial charge in [0.15, 0.2) is 0 Å². The Morgan fingerprint density at radius 1 is 0.889 bits per heavy atom. The summed E-state index contributed by atoms with van der Waals surface area (Å²) >= 11 is 2.35. The lowest BCUT2D eigenvalue weighted by molar-refractivity contribution is 0.767. The molecule has 0 amide bonds. The molecule has 18 heavy (non-hydrogen) atoms. The van der Waals surface area contributed by atoms with Crippen LogP contribution in [0.1, 0.15) is 11.5 Å². The van der Waals surface area contributed by atoms with Crippen molar-refractivity contribution in [1.29, 1.82) is 0 Å². The molecule has 3 rings (SSSR count). The molecule has 1 atom stereocenters. The number of hydrogen-bond donors (Lipinski definition) is 2. The van der Waals surface area contributed by atoms with E-state index < -0.39 is 0 Å². The third-order valence-corrected chi connectivity index (χ3v) is 4.00. The third kappa shape index (κ3) is 2.46. The summed E-state index contributed by atoms with van der Waals surface area (Å²) in [5, 5.41) is 7.08. The predicted molar refractivity (Wildman–Crippen MR) is 85.3 cm³/mol. The van der Waals surface area contributed by atoms with Crippen LogP contribution in [0, 0.1) is 3.57 Å². The van der Waals surface area contributed by atoms with E-state index in [1.165, 1.54) is 20.5 Å². The van der Waals surface area contributed by atoms with Gasteiger partial charge < -0.3 is 10.6 Å². The molecule has 0 bridgehead atoms. The molecule has 2 nitrogen and oxygen atoms in total. The molecular weight excluding hydrogens is 335 g/mol. The third-order valence-electron chi connectivity index (χ3n) is 3.33. The van der Waals surface area contributed by atoms with Crippen molar-refractivity contribution in [3.05, 3.63) is 57.7 Å². The van der Waals surface area contributed by atoms with Gasteiger partial charge in [0.05, 0.1) is 11.4 Å². The van der Waals surface area contributed by atoms with E-state index in [0.717, 1.165) is 13.1 Å². The van der Waals surface area contributed by atoms with Crippen LogP contribution >= 0.6 is 22.6 Å². The molecule has 1 aliphatic rings. The largest absolute Gasteiger partial charge is 0.383 e. The standard InChI is InChI=1S/C15H15IN2/c16-13-6-7-14-15(8-13)18-10-12(9-17-14)11-4-2-1-3-5-11/h1-8,12,17-18H,9-10H2. The maximum Gasteiger partial charge on any atom is 0.0586 e. The highest BCUT2D eigenvalue weighted by molar-refractivity contribution is 14.1. The number of halogens is 1. The number of anilines is 2. The van der Waals surface area contributed by atoms with Crippen molar-refractivity contribution in [2.75, 3.05) is 23.7 Å². The van der Waals surface area contributed by atoms with Gasteiger partial charge in [0.1, 0.15) is 0 Å². The average molecular weight is 350 g/mol. The van der Waals surface area contributed by atoms with Gasteiger partial charge in [-0.25, -0.2) is 0 Å². The second-order valence-corrected chi connectivity index (χ2v) is 5.80. The first-order chi connectivity index (χ1) is 8.83. The van der Waals surface area contributed by atoms with E-state index >= 15 is 0 Å². The van der Waals surface area contributed by atoms with Crippen molar-refractivity contribution >= 4 is 34.0 Å². The van der Waals surface area contributed by atoms with Crippen LogP contribution in [0.25, 0.3) is 0 Å². The minimum atomic E-state index is 0.510. The second kappa shape index (κ2) is 5.18. The number of fused-ring (bicyclic) bond motifs is 1. The van der Waals surface area contributed by atoms with Crippen LogP contribution in [-0.4, -0.2) is 13.1 Å². The van der Waals surface area contributed by atoms with Crippen molar-refractivity contribution in [1.82, 2.24) is 0 Å². The molecule has 92 valence electrons. The van der Waals surface area contributed by atoms with Crippen LogP contribution in [-0.2, 0) is 0 Å². The number of hydrogen-bond acceptors (Lipinski definition) is 2. The normalized spacial score (nSPS) is 18.2. The van der Waals surface area contributed by atoms with Gasteiger partial charge in [-0.05, 0) is 46.4 Å². The maximum absolute atomic E-state index is 3.55. The lowest BCUT2D eigenvalue weighted by atomic mass is 9.99. The van der Waals surface area contributed by atoms with Crippen LogP contribution in [0.2, 0.25) is 0 Å². The van der Waals surface area contributed by atoms with E-state index in [2.05, 4.69) is 81.8 Å². The zero-order chi connectivity index (χ0) is 12.4. The van der Waals surface area contributed by atoms with E-state index in [9.17, 15) is 0 Å². The first kappa shape index (κ1) is 11.8.